The van der Waals surface area contributed by atoms with E-state index in [1.54, 1.807) is 6.07 Å². The summed E-state index contributed by atoms with van der Waals surface area (Å²) >= 11 is 0. The fourth-order valence-electron chi connectivity index (χ4n) is 6.06. The molecule has 5 heteroatoms. The molecule has 7 aromatic carbocycles. The average molecular weight is 876 g/mol. The van der Waals surface area contributed by atoms with Crippen LogP contribution in [0.2, 0.25) is 0 Å². The Morgan fingerprint density at radius 1 is 0.323 bits per heavy atom. The number of carbonyl (C=O) groups excluding carboxylic acids is 2. The molecule has 7 aromatic rings. The van der Waals surface area contributed by atoms with Crippen LogP contribution < -0.4 is 15.2 Å². The lowest BCUT2D eigenvalue weighted by Gasteiger charge is -2.08. The second kappa shape index (κ2) is 27.5. The number of rotatable bonds is 7. The van der Waals surface area contributed by atoms with Crippen molar-refractivity contribution in [3.8, 4) is 23.0 Å². The molecular formula is C60H77NO4. The molecule has 346 valence electrons. The molecule has 0 aliphatic rings. The molecule has 0 aliphatic carbocycles. The smallest absolute Gasteiger partial charge is 0.249 e. The third kappa shape index (κ3) is 18.1. The van der Waals surface area contributed by atoms with Crippen molar-refractivity contribution in [3.63, 3.8) is 0 Å². The van der Waals surface area contributed by atoms with Gasteiger partial charge in [0.2, 0.25) is 5.91 Å². The summed E-state index contributed by atoms with van der Waals surface area (Å²) in [5.74, 6) is 2.76. The van der Waals surface area contributed by atoms with Gasteiger partial charge in [-0.25, -0.2) is 0 Å². The lowest BCUT2D eigenvalue weighted by molar-refractivity contribution is 0.0997. The van der Waals surface area contributed by atoms with Crippen LogP contribution in [0.15, 0.2) is 140 Å². The summed E-state index contributed by atoms with van der Waals surface area (Å²) in [4.78, 5) is 23.6. The largest absolute Gasteiger partial charge is 0.457 e. The van der Waals surface area contributed by atoms with Gasteiger partial charge in [-0.3, -0.25) is 9.59 Å². The molecule has 0 radical (unpaired) electrons. The lowest BCUT2D eigenvalue weighted by Crippen LogP contribution is -2.12. The maximum absolute atomic E-state index is 12.4. The van der Waals surface area contributed by atoms with Crippen molar-refractivity contribution in [1.82, 2.24) is 0 Å². The summed E-state index contributed by atoms with van der Waals surface area (Å²) in [6, 6.07) is 45.4. The zero-order chi connectivity index (χ0) is 44.8. The molecule has 0 fully saturated rings. The van der Waals surface area contributed by atoms with Crippen LogP contribution in [0.5, 0.6) is 23.0 Å². The second-order valence-electron chi connectivity index (χ2n) is 15.9. The third-order valence-electron chi connectivity index (χ3n) is 10.7. The zero-order valence-electron chi connectivity index (χ0n) is 38.0. The maximum atomic E-state index is 12.4. The number of primary amides is 1. The van der Waals surface area contributed by atoms with Crippen LogP contribution in [0.4, 0.5) is 0 Å². The Labute approximate surface area is 393 Å². The molecule has 0 aliphatic heterocycles. The molecule has 5 nitrogen and oxygen atoms in total. The van der Waals surface area contributed by atoms with Gasteiger partial charge in [0.25, 0.3) is 0 Å². The van der Waals surface area contributed by atoms with Gasteiger partial charge in [0.05, 0.1) is 0 Å². The molecule has 0 saturated carbocycles. The van der Waals surface area contributed by atoms with Gasteiger partial charge in [-0.05, 0) is 194 Å². The van der Waals surface area contributed by atoms with E-state index in [-0.39, 0.29) is 35.5 Å². The summed E-state index contributed by atoms with van der Waals surface area (Å²) in [6.45, 7) is 24.8. The molecule has 7 rings (SSSR count). The monoisotopic (exact) mass is 876 g/mol. The highest BCUT2D eigenvalue weighted by atomic mass is 16.5. The van der Waals surface area contributed by atoms with Crippen LogP contribution in [-0.2, 0) is 0 Å². The molecule has 0 spiro atoms. The van der Waals surface area contributed by atoms with Gasteiger partial charge in [0.1, 0.15) is 23.0 Å². The van der Waals surface area contributed by atoms with Crippen LogP contribution in [0, 0.1) is 83.1 Å². The van der Waals surface area contributed by atoms with Crippen LogP contribution in [0.3, 0.4) is 0 Å². The summed E-state index contributed by atoms with van der Waals surface area (Å²) in [7, 11) is 0. The van der Waals surface area contributed by atoms with Crippen molar-refractivity contribution >= 4 is 11.7 Å². The van der Waals surface area contributed by atoms with Gasteiger partial charge in [0, 0.05) is 16.7 Å². The van der Waals surface area contributed by atoms with Crippen LogP contribution in [-0.4, -0.2) is 11.7 Å². The Morgan fingerprint density at radius 2 is 0.600 bits per heavy atom. The predicted octanol–water partition coefficient (Wildman–Crippen LogP) is 16.9. The van der Waals surface area contributed by atoms with Crippen molar-refractivity contribution in [2.45, 2.75) is 113 Å². The van der Waals surface area contributed by atoms with Crippen molar-refractivity contribution in [3.05, 3.63) is 223 Å². The van der Waals surface area contributed by atoms with E-state index in [1.807, 2.05) is 149 Å². The molecule has 0 heterocycles. The van der Waals surface area contributed by atoms with E-state index < -0.39 is 5.91 Å². The minimum atomic E-state index is -0.443. The number of ketones is 1. The van der Waals surface area contributed by atoms with Crippen molar-refractivity contribution in [1.29, 1.82) is 0 Å². The van der Waals surface area contributed by atoms with Gasteiger partial charge in [-0.1, -0.05) is 125 Å². The highest BCUT2D eigenvalue weighted by Gasteiger charge is 2.11. The van der Waals surface area contributed by atoms with E-state index in [0.29, 0.717) is 11.3 Å². The molecule has 0 saturated heterocycles. The number of carbonyl (C=O) groups is 2. The van der Waals surface area contributed by atoms with E-state index in [0.717, 1.165) is 45.1 Å². The van der Waals surface area contributed by atoms with Gasteiger partial charge >= 0.3 is 0 Å². The molecular weight excluding hydrogens is 799 g/mol. The van der Waals surface area contributed by atoms with Crippen LogP contribution in [0.25, 0.3) is 0 Å². The van der Waals surface area contributed by atoms with Gasteiger partial charge in [-0.2, -0.15) is 0 Å². The fourth-order valence-corrected chi connectivity index (χ4v) is 6.06. The van der Waals surface area contributed by atoms with E-state index in [2.05, 4.69) is 67.5 Å². The lowest BCUT2D eigenvalue weighted by atomic mass is 9.97. The van der Waals surface area contributed by atoms with Crippen molar-refractivity contribution in [2.75, 3.05) is 0 Å². The first-order valence-electron chi connectivity index (χ1n) is 20.6. The number of ether oxygens (including phenoxy) is 2. The third-order valence-corrected chi connectivity index (χ3v) is 10.7. The minimum Gasteiger partial charge on any atom is -0.457 e. The normalized spacial score (nSPS) is 9.54. The maximum Gasteiger partial charge on any atom is 0.249 e. The van der Waals surface area contributed by atoms with Gasteiger partial charge < -0.3 is 15.2 Å². The summed E-state index contributed by atoms with van der Waals surface area (Å²) < 4.78 is 11.4. The number of aryl methyl sites for hydroxylation is 12. The van der Waals surface area contributed by atoms with Crippen LogP contribution in [0.1, 0.15) is 123 Å². The standard InChI is InChI=1S/C17H18O.C15H15NO2.C14H14O.C10H14.4CH4/c1-11-5-7-15(9-13(11)3)17(18)16-8-6-12(2)14(4)10-16;1-10-3-6-12(7-4-10)18-13-8-5-11(2)14(9-13)15(16)17;1-11-3-7-13(8-4-11)15-14-9-5-12(2)6-10-14;1-7-5-9(3)10(4)6-8(7)2;;;;/h5-10H,1-4H3;3-9H,1-2H3,(H2,16,17);3-10H,1-2H3;5-6H,1-4H3;4*1H4. The molecule has 0 aromatic heterocycles. The number of nitrogens with two attached hydrogens (primary N) is 1. The first-order chi connectivity index (χ1) is 28.9. The first kappa shape index (κ1) is 58.3. The average Bonchev–Trinajstić information content (AvgIpc) is 3.23. The highest BCUT2D eigenvalue weighted by molar-refractivity contribution is 6.09. The fraction of sp³-hybridized carbons (Fsp3) is 0.267. The predicted molar refractivity (Wildman–Crippen MR) is 281 cm³/mol. The molecule has 65 heavy (non-hydrogen) atoms. The molecule has 0 bridgehead atoms. The van der Waals surface area contributed by atoms with Crippen molar-refractivity contribution < 1.29 is 19.1 Å². The highest BCUT2D eigenvalue weighted by Crippen LogP contribution is 2.25. The summed E-state index contributed by atoms with van der Waals surface area (Å²) in [5.41, 5.74) is 22.1. The van der Waals surface area contributed by atoms with Gasteiger partial charge in [-0.15, -0.1) is 0 Å². The minimum absolute atomic E-state index is 0. The van der Waals surface area contributed by atoms with E-state index in [9.17, 15) is 9.59 Å². The number of amides is 1. The summed E-state index contributed by atoms with van der Waals surface area (Å²) in [5, 5.41) is 0. The Hall–Kier alpha value is -6.72. The Balaban J connectivity index is 0.000000839. The zero-order valence-corrected chi connectivity index (χ0v) is 38.0. The van der Waals surface area contributed by atoms with E-state index >= 15 is 0 Å². The molecule has 0 atom stereocenters. The second-order valence-corrected chi connectivity index (χ2v) is 15.9. The van der Waals surface area contributed by atoms with Crippen molar-refractivity contribution in [2.24, 2.45) is 5.73 Å². The first-order valence-corrected chi connectivity index (χ1v) is 20.6. The van der Waals surface area contributed by atoms with Crippen LogP contribution >= 0.6 is 0 Å². The number of hydrogen-bond donors (Lipinski definition) is 1. The quantitative estimate of drug-likeness (QED) is 0.162. The van der Waals surface area contributed by atoms with E-state index in [4.69, 9.17) is 15.2 Å². The molecule has 0 unspecified atom stereocenters. The molecule has 1 amide bonds. The number of benzene rings is 7. The Bertz CT molecular complexity index is 2420. The van der Waals surface area contributed by atoms with E-state index in [1.165, 1.54) is 50.1 Å². The molecule has 2 N–H and O–H groups in total. The Kier molecular flexibility index (Phi) is 24.6. The van der Waals surface area contributed by atoms with Gasteiger partial charge in [0.15, 0.2) is 5.78 Å². The number of hydrogen-bond acceptors (Lipinski definition) is 4. The Morgan fingerprint density at radius 3 is 0.908 bits per heavy atom. The SMILES string of the molecule is C.C.C.C.Cc1cc(C)c(C)cc1C.Cc1ccc(C(=O)c2ccc(C)c(C)c2)cc1C.Cc1ccc(Oc2ccc(C)c(C(N)=O)c2)cc1.Cc1ccc(Oc2ccc(C)cc2)cc1. The summed E-state index contributed by atoms with van der Waals surface area (Å²) in [6.07, 6.45) is 0. The topological polar surface area (TPSA) is 78.6 Å².